The van der Waals surface area contributed by atoms with Crippen molar-refractivity contribution in [3.05, 3.63) is 23.8 Å². The van der Waals surface area contributed by atoms with E-state index in [1.165, 1.54) is 5.57 Å². The molecule has 1 aliphatic rings. The molecule has 5 heteroatoms. The third-order valence-corrected chi connectivity index (χ3v) is 5.61. The van der Waals surface area contributed by atoms with Crippen molar-refractivity contribution in [1.82, 2.24) is 0 Å². The van der Waals surface area contributed by atoms with Crippen LogP contribution in [0.15, 0.2) is 23.8 Å². The van der Waals surface area contributed by atoms with Gasteiger partial charge in [-0.2, -0.15) is 0 Å². The maximum Gasteiger partial charge on any atom is 0.111 e. The SMILES string of the molecule is CCC(OC)C(C)C1OC1C(O)C(C)/C=C/C=C(\C)CC(CCCO)OC. The lowest BCUT2D eigenvalue weighted by atomic mass is 9.91. The second-order valence-electron chi connectivity index (χ2n) is 7.78. The molecule has 158 valence electrons. The summed E-state index contributed by atoms with van der Waals surface area (Å²) in [7, 11) is 3.44. The zero-order valence-electron chi connectivity index (χ0n) is 17.9. The third-order valence-electron chi connectivity index (χ3n) is 5.61. The van der Waals surface area contributed by atoms with Crippen LogP contribution in [0.25, 0.3) is 0 Å². The largest absolute Gasteiger partial charge is 0.396 e. The van der Waals surface area contributed by atoms with Gasteiger partial charge in [-0.15, -0.1) is 0 Å². The predicted octanol–water partition coefficient (Wildman–Crippen LogP) is 3.49. The van der Waals surface area contributed by atoms with E-state index in [9.17, 15) is 5.11 Å². The summed E-state index contributed by atoms with van der Waals surface area (Å²) < 4.78 is 16.7. The van der Waals surface area contributed by atoms with Crippen LogP contribution in [0.1, 0.15) is 53.4 Å². The molecule has 0 saturated carbocycles. The Morgan fingerprint density at radius 1 is 1.19 bits per heavy atom. The first-order valence-electron chi connectivity index (χ1n) is 10.2. The molecule has 0 radical (unpaired) electrons. The van der Waals surface area contributed by atoms with Gasteiger partial charge in [-0.25, -0.2) is 0 Å². The monoisotopic (exact) mass is 384 g/mol. The average Bonchev–Trinajstić information content (AvgIpc) is 3.45. The Hall–Kier alpha value is -0.720. The van der Waals surface area contributed by atoms with Gasteiger partial charge in [0.1, 0.15) is 6.10 Å². The van der Waals surface area contributed by atoms with Crippen molar-refractivity contribution in [1.29, 1.82) is 0 Å². The van der Waals surface area contributed by atoms with Gasteiger partial charge >= 0.3 is 0 Å². The van der Waals surface area contributed by atoms with E-state index in [-0.39, 0.29) is 42.9 Å². The summed E-state index contributed by atoms with van der Waals surface area (Å²) >= 11 is 0. The van der Waals surface area contributed by atoms with Gasteiger partial charge in [0, 0.05) is 32.7 Å². The van der Waals surface area contributed by atoms with Crippen molar-refractivity contribution in [2.75, 3.05) is 20.8 Å². The summed E-state index contributed by atoms with van der Waals surface area (Å²) in [6.07, 6.45) is 9.28. The fourth-order valence-corrected chi connectivity index (χ4v) is 3.66. The maximum absolute atomic E-state index is 10.6. The number of aliphatic hydroxyl groups is 2. The van der Waals surface area contributed by atoms with E-state index in [1.807, 2.05) is 19.1 Å². The number of epoxide rings is 1. The molecule has 1 aliphatic heterocycles. The van der Waals surface area contributed by atoms with Gasteiger partial charge in [0.05, 0.1) is 24.4 Å². The van der Waals surface area contributed by atoms with E-state index in [2.05, 4.69) is 26.8 Å². The highest BCUT2D eigenvalue weighted by atomic mass is 16.6. The van der Waals surface area contributed by atoms with Crippen LogP contribution >= 0.6 is 0 Å². The van der Waals surface area contributed by atoms with Crippen molar-refractivity contribution in [3.63, 3.8) is 0 Å². The minimum Gasteiger partial charge on any atom is -0.396 e. The average molecular weight is 385 g/mol. The number of rotatable bonds is 14. The molecule has 0 spiro atoms. The minimum atomic E-state index is -0.506. The molecule has 5 nitrogen and oxygen atoms in total. The molecule has 7 atom stereocenters. The number of allylic oxidation sites excluding steroid dienone is 2. The molecular weight excluding hydrogens is 344 g/mol. The fourth-order valence-electron chi connectivity index (χ4n) is 3.66. The molecular formula is C22H40O5. The Bertz CT molecular complexity index is 458. The maximum atomic E-state index is 10.6. The van der Waals surface area contributed by atoms with E-state index in [0.717, 1.165) is 25.7 Å². The van der Waals surface area contributed by atoms with Crippen LogP contribution in [0.5, 0.6) is 0 Å². The quantitative estimate of drug-likeness (QED) is 0.354. The molecule has 0 aromatic heterocycles. The molecule has 7 unspecified atom stereocenters. The normalized spacial score (nSPS) is 26.0. The standard InChI is InChI=1S/C22H40O5/c1-7-19(26-6)17(4)21-22(27-21)20(24)16(3)11-8-10-15(2)14-18(25-5)12-9-13-23/h8,10-11,16-24H,7,9,12-14H2,1-6H3/b11-8+,15-10+. The highest BCUT2D eigenvalue weighted by Crippen LogP contribution is 2.37. The van der Waals surface area contributed by atoms with Crippen LogP contribution < -0.4 is 0 Å². The third kappa shape index (κ3) is 8.04. The Balaban J connectivity index is 2.47. The first-order chi connectivity index (χ1) is 12.9. The number of hydrogen-bond acceptors (Lipinski definition) is 5. The number of methoxy groups -OCH3 is 2. The molecule has 1 fully saturated rings. The van der Waals surface area contributed by atoms with Crippen molar-refractivity contribution < 1.29 is 24.4 Å². The van der Waals surface area contributed by atoms with Crippen molar-refractivity contribution in [3.8, 4) is 0 Å². The number of aliphatic hydroxyl groups excluding tert-OH is 2. The molecule has 1 heterocycles. The molecule has 0 aromatic rings. The van der Waals surface area contributed by atoms with Crippen LogP contribution in [-0.2, 0) is 14.2 Å². The molecule has 27 heavy (non-hydrogen) atoms. The van der Waals surface area contributed by atoms with Gasteiger partial charge in [0.15, 0.2) is 0 Å². The molecule has 0 amide bonds. The van der Waals surface area contributed by atoms with Crippen LogP contribution in [0, 0.1) is 11.8 Å². The smallest absolute Gasteiger partial charge is 0.111 e. The van der Waals surface area contributed by atoms with Gasteiger partial charge in [0.25, 0.3) is 0 Å². The lowest BCUT2D eigenvalue weighted by Crippen LogP contribution is -2.30. The van der Waals surface area contributed by atoms with Gasteiger partial charge < -0.3 is 24.4 Å². The molecule has 1 rings (SSSR count). The fraction of sp³-hybridized carbons (Fsp3) is 0.818. The number of hydrogen-bond donors (Lipinski definition) is 2. The van der Waals surface area contributed by atoms with Crippen LogP contribution in [0.4, 0.5) is 0 Å². The zero-order chi connectivity index (χ0) is 20.4. The van der Waals surface area contributed by atoms with E-state index >= 15 is 0 Å². The van der Waals surface area contributed by atoms with E-state index in [4.69, 9.17) is 19.3 Å². The second kappa shape index (κ2) is 12.7. The minimum absolute atomic E-state index is 0.0199. The highest BCUT2D eigenvalue weighted by Gasteiger charge is 2.50. The Morgan fingerprint density at radius 3 is 2.44 bits per heavy atom. The van der Waals surface area contributed by atoms with Crippen molar-refractivity contribution in [2.45, 2.75) is 83.9 Å². The van der Waals surface area contributed by atoms with E-state index < -0.39 is 6.10 Å². The highest BCUT2D eigenvalue weighted by molar-refractivity contribution is 5.13. The summed E-state index contributed by atoms with van der Waals surface area (Å²) in [5.41, 5.74) is 1.22. The topological polar surface area (TPSA) is 71.5 Å². The van der Waals surface area contributed by atoms with Gasteiger partial charge in [0.2, 0.25) is 0 Å². The Kier molecular flexibility index (Phi) is 11.4. The summed E-state index contributed by atoms with van der Waals surface area (Å²) in [5.74, 6) is 0.300. The summed E-state index contributed by atoms with van der Waals surface area (Å²) in [4.78, 5) is 0. The van der Waals surface area contributed by atoms with Crippen molar-refractivity contribution >= 4 is 0 Å². The lowest BCUT2D eigenvalue weighted by Gasteiger charge is -2.20. The summed E-state index contributed by atoms with van der Waals surface area (Å²) in [6, 6.07) is 0. The Labute approximate surface area is 165 Å². The first-order valence-corrected chi connectivity index (χ1v) is 10.2. The Morgan fingerprint density at radius 2 is 1.89 bits per heavy atom. The van der Waals surface area contributed by atoms with Crippen LogP contribution in [0.3, 0.4) is 0 Å². The van der Waals surface area contributed by atoms with Crippen LogP contribution in [0.2, 0.25) is 0 Å². The van der Waals surface area contributed by atoms with E-state index in [0.29, 0.717) is 0 Å². The van der Waals surface area contributed by atoms with Crippen LogP contribution in [-0.4, -0.2) is 61.6 Å². The lowest BCUT2D eigenvalue weighted by molar-refractivity contribution is 0.0445. The molecule has 0 aromatic carbocycles. The van der Waals surface area contributed by atoms with Gasteiger partial charge in [-0.3, -0.25) is 0 Å². The first kappa shape index (κ1) is 24.3. The zero-order valence-corrected chi connectivity index (χ0v) is 17.9. The van der Waals surface area contributed by atoms with Gasteiger partial charge in [-0.05, 0) is 32.6 Å². The van der Waals surface area contributed by atoms with Gasteiger partial charge in [-0.1, -0.05) is 44.6 Å². The predicted molar refractivity (Wildman–Crippen MR) is 109 cm³/mol. The molecule has 0 bridgehead atoms. The summed E-state index contributed by atoms with van der Waals surface area (Å²) in [5, 5.41) is 19.5. The summed E-state index contributed by atoms with van der Waals surface area (Å²) in [6.45, 7) is 8.53. The number of ether oxygens (including phenoxy) is 3. The molecule has 1 saturated heterocycles. The van der Waals surface area contributed by atoms with E-state index in [1.54, 1.807) is 14.2 Å². The van der Waals surface area contributed by atoms with Crippen molar-refractivity contribution in [2.24, 2.45) is 11.8 Å². The molecule has 0 aliphatic carbocycles. The second-order valence-corrected chi connectivity index (χ2v) is 7.78. The molecule has 2 N–H and O–H groups in total.